The van der Waals surface area contributed by atoms with Gasteiger partial charge in [0.2, 0.25) is 0 Å². The van der Waals surface area contributed by atoms with Crippen molar-refractivity contribution >= 4 is 0 Å². The molecule has 0 radical (unpaired) electrons. The smallest absolute Gasteiger partial charge is 0.170 e. The second-order valence-corrected chi connectivity index (χ2v) is 2.80. The van der Waals surface area contributed by atoms with Crippen molar-refractivity contribution in [3.8, 4) is 0 Å². The maximum absolute atomic E-state index is 11.8. The lowest BCUT2D eigenvalue weighted by Gasteiger charge is -2.22. The van der Waals surface area contributed by atoms with E-state index in [4.69, 9.17) is 0 Å². The van der Waals surface area contributed by atoms with Gasteiger partial charge in [-0.3, -0.25) is 0 Å². The second-order valence-electron chi connectivity index (χ2n) is 2.80. The van der Waals surface area contributed by atoms with Gasteiger partial charge >= 0.3 is 12.4 Å². The van der Waals surface area contributed by atoms with Crippen molar-refractivity contribution in [3.63, 3.8) is 0 Å². The molecule has 0 saturated carbocycles. The Labute approximate surface area is 71.2 Å². The molecule has 0 fully saturated rings. The molecule has 0 aromatic heterocycles. The van der Waals surface area contributed by atoms with Crippen LogP contribution in [0, 0.1) is 5.92 Å². The largest absolute Gasteiger partial charge is 0.400 e. The van der Waals surface area contributed by atoms with Crippen LogP contribution < -0.4 is 0 Å². The van der Waals surface area contributed by atoms with Crippen molar-refractivity contribution in [2.75, 3.05) is 0 Å². The van der Waals surface area contributed by atoms with Crippen LogP contribution in [0.15, 0.2) is 12.2 Å². The molecular weight excluding hydrogens is 198 g/mol. The van der Waals surface area contributed by atoms with Crippen molar-refractivity contribution in [2.24, 2.45) is 5.92 Å². The number of alkyl halides is 6. The first-order valence-corrected chi connectivity index (χ1v) is 3.33. The van der Waals surface area contributed by atoms with Gasteiger partial charge in [-0.2, -0.15) is 26.3 Å². The molecule has 0 heterocycles. The lowest BCUT2D eigenvalue weighted by molar-refractivity contribution is -0.283. The number of hydrogen-bond donors (Lipinski definition) is 0. The van der Waals surface area contributed by atoms with Gasteiger partial charge in [-0.05, 0) is 13.3 Å². The molecule has 0 N–H and O–H groups in total. The van der Waals surface area contributed by atoms with E-state index in [9.17, 15) is 26.3 Å². The summed E-state index contributed by atoms with van der Waals surface area (Å²) >= 11 is 0. The highest BCUT2D eigenvalue weighted by Crippen LogP contribution is 2.42. The highest BCUT2D eigenvalue weighted by Gasteiger charge is 2.55. The third-order valence-corrected chi connectivity index (χ3v) is 1.34. The van der Waals surface area contributed by atoms with Gasteiger partial charge in [0.25, 0.3) is 0 Å². The van der Waals surface area contributed by atoms with E-state index in [1.807, 2.05) is 0 Å². The number of rotatable bonds is 2. The highest BCUT2D eigenvalue weighted by molar-refractivity contribution is 4.94. The molecule has 0 aliphatic rings. The van der Waals surface area contributed by atoms with E-state index in [-0.39, 0.29) is 5.57 Å². The third-order valence-electron chi connectivity index (χ3n) is 1.34. The van der Waals surface area contributed by atoms with Gasteiger partial charge in [0, 0.05) is 0 Å². The first kappa shape index (κ1) is 12.3. The van der Waals surface area contributed by atoms with Gasteiger partial charge in [0.1, 0.15) is 0 Å². The zero-order chi connectivity index (χ0) is 10.9. The number of allylic oxidation sites excluding steroid dienone is 1. The van der Waals surface area contributed by atoms with Crippen LogP contribution in [0.25, 0.3) is 0 Å². The summed E-state index contributed by atoms with van der Waals surface area (Å²) in [6.45, 7) is 4.15. The molecule has 0 amide bonds. The summed E-state index contributed by atoms with van der Waals surface area (Å²) < 4.78 is 70.9. The minimum atomic E-state index is -5.25. The molecule has 0 bridgehead atoms. The van der Waals surface area contributed by atoms with Crippen LogP contribution in [0.2, 0.25) is 0 Å². The molecule has 0 aliphatic carbocycles. The van der Waals surface area contributed by atoms with Crippen LogP contribution in [0.4, 0.5) is 26.3 Å². The van der Waals surface area contributed by atoms with Crippen molar-refractivity contribution < 1.29 is 26.3 Å². The topological polar surface area (TPSA) is 0 Å². The van der Waals surface area contributed by atoms with E-state index >= 15 is 0 Å². The monoisotopic (exact) mass is 206 g/mol. The van der Waals surface area contributed by atoms with Crippen LogP contribution in [-0.4, -0.2) is 12.4 Å². The molecule has 0 saturated heterocycles. The first-order chi connectivity index (χ1) is 5.55. The fourth-order valence-electron chi connectivity index (χ4n) is 0.765. The Morgan fingerprint density at radius 2 is 1.38 bits per heavy atom. The Bertz CT molecular complexity index is 172. The molecule has 0 aliphatic heterocycles. The van der Waals surface area contributed by atoms with Crippen molar-refractivity contribution in [1.29, 1.82) is 0 Å². The van der Waals surface area contributed by atoms with Crippen LogP contribution >= 0.6 is 0 Å². The van der Waals surface area contributed by atoms with E-state index in [1.165, 1.54) is 0 Å². The van der Waals surface area contributed by atoms with Crippen LogP contribution in [0.3, 0.4) is 0 Å². The average molecular weight is 206 g/mol. The van der Waals surface area contributed by atoms with Gasteiger partial charge in [-0.25, -0.2) is 0 Å². The summed E-state index contributed by atoms with van der Waals surface area (Å²) in [5.74, 6) is -3.29. The van der Waals surface area contributed by atoms with Crippen molar-refractivity contribution in [3.05, 3.63) is 12.2 Å². The Morgan fingerprint density at radius 3 is 1.46 bits per heavy atom. The summed E-state index contributed by atoms with van der Waals surface area (Å²) in [6, 6.07) is 0. The molecule has 0 atom stereocenters. The maximum Gasteiger partial charge on any atom is 0.400 e. The molecule has 13 heavy (non-hydrogen) atoms. The van der Waals surface area contributed by atoms with Crippen LogP contribution in [0.1, 0.15) is 13.3 Å². The molecular formula is C7H8F6. The zero-order valence-corrected chi connectivity index (χ0v) is 6.76. The Hall–Kier alpha value is -0.680. The predicted molar refractivity (Wildman–Crippen MR) is 35.0 cm³/mol. The summed E-state index contributed by atoms with van der Waals surface area (Å²) in [5.41, 5.74) is -0.139. The fraction of sp³-hybridized carbons (Fsp3) is 0.714. The van der Waals surface area contributed by atoms with Gasteiger partial charge in [0.15, 0.2) is 5.92 Å². The van der Waals surface area contributed by atoms with E-state index in [1.54, 1.807) is 0 Å². The first-order valence-electron chi connectivity index (χ1n) is 3.33. The summed E-state index contributed by atoms with van der Waals surface area (Å²) in [5, 5.41) is 0. The molecule has 0 unspecified atom stereocenters. The minimum absolute atomic E-state index is 0.139. The summed E-state index contributed by atoms with van der Waals surface area (Å²) in [4.78, 5) is 0. The standard InChI is InChI=1S/C7H8F6/c1-4(2)3-5(6(8,9)10)7(11,12)13/h5H,1,3H2,2H3. The van der Waals surface area contributed by atoms with E-state index in [0.717, 1.165) is 6.92 Å². The normalized spacial score (nSPS) is 13.5. The molecule has 0 nitrogen and oxygen atoms in total. The third kappa shape index (κ3) is 4.19. The van der Waals surface area contributed by atoms with Crippen molar-refractivity contribution in [1.82, 2.24) is 0 Å². The van der Waals surface area contributed by atoms with E-state index in [0.29, 0.717) is 0 Å². The molecule has 6 heteroatoms. The van der Waals surface area contributed by atoms with Gasteiger partial charge < -0.3 is 0 Å². The quantitative estimate of drug-likeness (QED) is 0.477. The van der Waals surface area contributed by atoms with E-state index in [2.05, 4.69) is 6.58 Å². The average Bonchev–Trinajstić information content (AvgIpc) is 1.77. The SMILES string of the molecule is C=C(C)CC(C(F)(F)F)C(F)(F)F. The van der Waals surface area contributed by atoms with Crippen LogP contribution in [0.5, 0.6) is 0 Å². The lowest BCUT2D eigenvalue weighted by atomic mass is 10.0. The minimum Gasteiger partial charge on any atom is -0.170 e. The van der Waals surface area contributed by atoms with Crippen molar-refractivity contribution in [2.45, 2.75) is 25.7 Å². The maximum atomic E-state index is 11.8. The lowest BCUT2D eigenvalue weighted by Crippen LogP contribution is -2.36. The molecule has 0 aromatic rings. The van der Waals surface area contributed by atoms with Crippen LogP contribution in [-0.2, 0) is 0 Å². The Kier molecular flexibility index (Phi) is 3.40. The Morgan fingerprint density at radius 1 is 1.08 bits per heavy atom. The van der Waals surface area contributed by atoms with Gasteiger partial charge in [-0.15, -0.1) is 6.58 Å². The zero-order valence-electron chi connectivity index (χ0n) is 6.76. The molecule has 0 aromatic carbocycles. The number of hydrogen-bond acceptors (Lipinski definition) is 0. The van der Waals surface area contributed by atoms with E-state index < -0.39 is 24.7 Å². The predicted octanol–water partition coefficient (Wildman–Crippen LogP) is 3.69. The fourth-order valence-corrected chi connectivity index (χ4v) is 0.765. The second kappa shape index (κ2) is 3.59. The molecule has 78 valence electrons. The number of halogens is 6. The highest BCUT2D eigenvalue weighted by atomic mass is 19.4. The molecule has 0 rings (SSSR count). The van der Waals surface area contributed by atoms with Gasteiger partial charge in [-0.1, -0.05) is 5.57 Å². The molecule has 0 spiro atoms. The summed E-state index contributed by atoms with van der Waals surface area (Å²) in [7, 11) is 0. The summed E-state index contributed by atoms with van der Waals surface area (Å²) in [6.07, 6.45) is -11.6. The Balaban J connectivity index is 4.68. The van der Waals surface area contributed by atoms with Gasteiger partial charge in [0.05, 0.1) is 0 Å².